The molecule has 1 aliphatic rings. The van der Waals surface area contributed by atoms with Gasteiger partial charge in [0, 0.05) is 32.9 Å². The second-order valence-corrected chi connectivity index (χ2v) is 6.69. The average Bonchev–Trinajstić information content (AvgIpc) is 3.41. The van der Waals surface area contributed by atoms with Crippen LogP contribution in [0.3, 0.4) is 0 Å². The van der Waals surface area contributed by atoms with E-state index in [1.165, 1.54) is 49.7 Å². The number of nitrogens with one attached hydrogen (secondary N) is 1. The Bertz CT molecular complexity index is 1300. The fourth-order valence-electron chi connectivity index (χ4n) is 4.34. The van der Waals surface area contributed by atoms with E-state index in [4.69, 9.17) is 0 Å². The van der Waals surface area contributed by atoms with Crippen LogP contribution in [-0.2, 0) is 6.42 Å². The third-order valence-corrected chi connectivity index (χ3v) is 5.35. The molecule has 2 aromatic heterocycles. The van der Waals surface area contributed by atoms with Gasteiger partial charge in [-0.25, -0.2) is 0 Å². The average molecular weight is 350 g/mol. The quantitative estimate of drug-likeness (QED) is 0.341. The second kappa shape index (κ2) is 6.17. The predicted molar refractivity (Wildman–Crippen MR) is 117 cm³/mol. The summed E-state index contributed by atoms with van der Waals surface area (Å²) in [6.45, 7) is 4.00. The number of hydrogen-bond acceptors (Lipinski definition) is 0. The second-order valence-electron chi connectivity index (χ2n) is 6.69. The Labute approximate surface area is 158 Å². The lowest BCUT2D eigenvalue weighted by Gasteiger charge is -2.08. The number of hydrogen-bond donors (Lipinski definition) is 1. The van der Waals surface area contributed by atoms with Crippen LogP contribution in [0.1, 0.15) is 25.1 Å². The molecule has 0 radical (unpaired) electrons. The van der Waals surface area contributed by atoms with E-state index in [0.717, 1.165) is 6.42 Å². The molecule has 0 unspecified atom stereocenters. The summed E-state index contributed by atoms with van der Waals surface area (Å²) in [6.07, 6.45) is 5.55. The van der Waals surface area contributed by atoms with Crippen molar-refractivity contribution in [2.45, 2.75) is 20.3 Å². The highest BCUT2D eigenvalue weighted by Gasteiger charge is 2.22. The smallest absolute Gasteiger partial charge is 0.0545 e. The van der Waals surface area contributed by atoms with Crippen LogP contribution >= 0.6 is 0 Å². The molecule has 0 atom stereocenters. The zero-order valence-electron chi connectivity index (χ0n) is 15.7. The maximum Gasteiger partial charge on any atom is 0.0545 e. The molecular formula is C25H22N2. The molecule has 6 rings (SSSR count). The Morgan fingerprint density at radius 1 is 0.778 bits per heavy atom. The van der Waals surface area contributed by atoms with Gasteiger partial charge in [0.05, 0.1) is 11.2 Å². The van der Waals surface area contributed by atoms with Gasteiger partial charge in [0.1, 0.15) is 0 Å². The summed E-state index contributed by atoms with van der Waals surface area (Å²) in [5.41, 5.74) is 7.69. The summed E-state index contributed by atoms with van der Waals surface area (Å²) < 4.78 is 2.40. The first-order chi connectivity index (χ1) is 13.4. The minimum Gasteiger partial charge on any atom is -0.354 e. The molecule has 0 saturated heterocycles. The maximum atomic E-state index is 3.58. The topological polar surface area (TPSA) is 20.7 Å². The Balaban J connectivity index is 0.000000777. The molecule has 3 aromatic carbocycles. The summed E-state index contributed by atoms with van der Waals surface area (Å²) >= 11 is 0. The minimum atomic E-state index is 1.00. The molecule has 27 heavy (non-hydrogen) atoms. The molecule has 0 amide bonds. The standard InChI is InChI=1S/C23H16N2.C2H6/c1-2-7-15(8-3-1)25-20-12-6-10-17(20)23-21(25)14-13-19-22(23)16-9-4-5-11-18(16)24-19;1-2/h1-9,11-14,24H,10H2;1-2H3. The first kappa shape index (κ1) is 16.0. The SMILES string of the molecule is C1=Cc2c(c3c4c(ccc3n2-c2ccccc2)[nH]c2ccccc24)C1.CC. The van der Waals surface area contributed by atoms with Gasteiger partial charge >= 0.3 is 0 Å². The normalized spacial score (nSPS) is 12.5. The van der Waals surface area contributed by atoms with E-state index in [1.807, 2.05) is 13.8 Å². The van der Waals surface area contributed by atoms with E-state index in [2.05, 4.69) is 88.4 Å². The van der Waals surface area contributed by atoms with Crippen LogP contribution in [0.4, 0.5) is 0 Å². The highest BCUT2D eigenvalue weighted by molar-refractivity contribution is 6.21. The van der Waals surface area contributed by atoms with Gasteiger partial charge in [0.25, 0.3) is 0 Å². The molecule has 0 saturated carbocycles. The van der Waals surface area contributed by atoms with Gasteiger partial charge < -0.3 is 9.55 Å². The van der Waals surface area contributed by atoms with Gasteiger partial charge in [-0.1, -0.05) is 56.3 Å². The number of rotatable bonds is 1. The molecule has 2 heteroatoms. The lowest BCUT2D eigenvalue weighted by Crippen LogP contribution is -1.95. The van der Waals surface area contributed by atoms with Gasteiger partial charge in [0.15, 0.2) is 0 Å². The molecular weight excluding hydrogens is 328 g/mol. The van der Waals surface area contributed by atoms with Crippen LogP contribution in [-0.4, -0.2) is 9.55 Å². The summed E-state index contributed by atoms with van der Waals surface area (Å²) in [5.74, 6) is 0. The monoisotopic (exact) mass is 350 g/mol. The molecule has 0 aliphatic heterocycles. The van der Waals surface area contributed by atoms with Crippen molar-refractivity contribution in [3.05, 3.63) is 84.1 Å². The Kier molecular flexibility index (Phi) is 3.64. The molecule has 2 heterocycles. The number of fused-ring (bicyclic) bond motifs is 7. The number of H-pyrrole nitrogens is 1. The van der Waals surface area contributed by atoms with Crippen molar-refractivity contribution in [3.63, 3.8) is 0 Å². The minimum absolute atomic E-state index is 1.00. The van der Waals surface area contributed by atoms with Crippen molar-refractivity contribution in [3.8, 4) is 5.69 Å². The predicted octanol–water partition coefficient (Wildman–Crippen LogP) is 6.86. The highest BCUT2D eigenvalue weighted by Crippen LogP contribution is 2.40. The zero-order valence-corrected chi connectivity index (χ0v) is 15.7. The highest BCUT2D eigenvalue weighted by atomic mass is 15.0. The van der Waals surface area contributed by atoms with Crippen LogP contribution in [0.25, 0.3) is 44.5 Å². The van der Waals surface area contributed by atoms with Gasteiger partial charge in [0.2, 0.25) is 0 Å². The van der Waals surface area contributed by atoms with Crippen molar-refractivity contribution in [1.29, 1.82) is 0 Å². The first-order valence-corrected chi connectivity index (χ1v) is 9.70. The third kappa shape index (κ3) is 2.20. The molecule has 0 fully saturated rings. The molecule has 132 valence electrons. The van der Waals surface area contributed by atoms with Crippen molar-refractivity contribution in [2.75, 3.05) is 0 Å². The lowest BCUT2D eigenvalue weighted by molar-refractivity contribution is 1.10. The van der Waals surface area contributed by atoms with E-state index in [0.29, 0.717) is 0 Å². The summed E-state index contributed by atoms with van der Waals surface area (Å²) in [4.78, 5) is 3.58. The number of benzene rings is 3. The fraction of sp³-hybridized carbons (Fsp3) is 0.120. The number of para-hydroxylation sites is 2. The van der Waals surface area contributed by atoms with Gasteiger partial charge in [-0.2, -0.15) is 0 Å². The third-order valence-electron chi connectivity index (χ3n) is 5.35. The number of allylic oxidation sites excluding steroid dienone is 1. The molecule has 1 N–H and O–H groups in total. The molecule has 0 spiro atoms. The Morgan fingerprint density at radius 3 is 2.41 bits per heavy atom. The summed E-state index contributed by atoms with van der Waals surface area (Å²) in [7, 11) is 0. The lowest BCUT2D eigenvalue weighted by atomic mass is 10.0. The van der Waals surface area contributed by atoms with E-state index in [9.17, 15) is 0 Å². The Morgan fingerprint density at radius 2 is 1.56 bits per heavy atom. The van der Waals surface area contributed by atoms with Crippen molar-refractivity contribution in [1.82, 2.24) is 9.55 Å². The molecule has 0 bridgehead atoms. The number of aromatic nitrogens is 2. The van der Waals surface area contributed by atoms with E-state index in [1.54, 1.807) is 0 Å². The first-order valence-electron chi connectivity index (χ1n) is 9.70. The number of aromatic amines is 1. The zero-order chi connectivity index (χ0) is 18.4. The van der Waals surface area contributed by atoms with Crippen LogP contribution in [0.2, 0.25) is 0 Å². The van der Waals surface area contributed by atoms with Crippen molar-refractivity contribution in [2.24, 2.45) is 0 Å². The number of nitrogens with zero attached hydrogens (tertiary/aromatic N) is 1. The summed E-state index contributed by atoms with van der Waals surface area (Å²) in [6, 6.07) is 23.7. The fourth-order valence-corrected chi connectivity index (χ4v) is 4.34. The van der Waals surface area contributed by atoms with E-state index >= 15 is 0 Å². The van der Waals surface area contributed by atoms with Crippen LogP contribution in [0.5, 0.6) is 0 Å². The van der Waals surface area contributed by atoms with Crippen LogP contribution in [0, 0.1) is 0 Å². The van der Waals surface area contributed by atoms with E-state index in [-0.39, 0.29) is 0 Å². The van der Waals surface area contributed by atoms with Gasteiger partial charge in [-0.05, 0) is 48.4 Å². The van der Waals surface area contributed by atoms with E-state index < -0.39 is 0 Å². The Hall–Kier alpha value is -3.26. The van der Waals surface area contributed by atoms with Gasteiger partial charge in [-0.15, -0.1) is 0 Å². The van der Waals surface area contributed by atoms with Crippen molar-refractivity contribution >= 4 is 38.8 Å². The van der Waals surface area contributed by atoms with Crippen molar-refractivity contribution < 1.29 is 0 Å². The summed E-state index contributed by atoms with van der Waals surface area (Å²) in [5, 5.41) is 4.05. The van der Waals surface area contributed by atoms with Crippen LogP contribution in [0.15, 0.2) is 72.8 Å². The van der Waals surface area contributed by atoms with Crippen LogP contribution < -0.4 is 0 Å². The van der Waals surface area contributed by atoms with Gasteiger partial charge in [-0.3, -0.25) is 0 Å². The molecule has 2 nitrogen and oxygen atoms in total. The molecule has 5 aromatic rings. The largest absolute Gasteiger partial charge is 0.354 e. The maximum absolute atomic E-state index is 3.58. The molecule has 1 aliphatic carbocycles.